The average molecular weight is 312 g/mol. The van der Waals surface area contributed by atoms with Gasteiger partial charge in [-0.1, -0.05) is 28.1 Å². The van der Waals surface area contributed by atoms with Gasteiger partial charge in [0.1, 0.15) is 11.6 Å². The lowest BCUT2D eigenvalue weighted by atomic mass is 10.2. The zero-order chi connectivity index (χ0) is 13.1. The predicted octanol–water partition coefficient (Wildman–Crippen LogP) is 4.65. The molecule has 2 rings (SSSR count). The van der Waals surface area contributed by atoms with E-state index in [9.17, 15) is 8.78 Å². The van der Waals surface area contributed by atoms with Gasteiger partial charge in [-0.05, 0) is 42.3 Å². The fourth-order valence-electron chi connectivity index (χ4n) is 1.62. The van der Waals surface area contributed by atoms with Crippen LogP contribution in [0.4, 0.5) is 14.5 Å². The lowest BCUT2D eigenvalue weighted by Gasteiger charge is -2.09. The third-order valence-corrected chi connectivity index (χ3v) is 3.35. The third kappa shape index (κ3) is 3.07. The van der Waals surface area contributed by atoms with Crippen molar-refractivity contribution >= 4 is 21.6 Å². The average Bonchev–Trinajstić information content (AvgIpc) is 2.30. The highest BCUT2D eigenvalue weighted by Crippen LogP contribution is 2.21. The number of hydrogen-bond donors (Lipinski definition) is 1. The van der Waals surface area contributed by atoms with E-state index in [2.05, 4.69) is 21.2 Å². The summed E-state index contributed by atoms with van der Waals surface area (Å²) >= 11 is 3.28. The van der Waals surface area contributed by atoms with Crippen LogP contribution in [0.3, 0.4) is 0 Å². The molecule has 0 aromatic heterocycles. The monoisotopic (exact) mass is 311 g/mol. The normalized spacial score (nSPS) is 10.4. The van der Waals surface area contributed by atoms with E-state index in [0.717, 1.165) is 11.1 Å². The van der Waals surface area contributed by atoms with Crippen LogP contribution in [0.2, 0.25) is 0 Å². The van der Waals surface area contributed by atoms with Crippen molar-refractivity contribution in [3.05, 3.63) is 63.6 Å². The van der Waals surface area contributed by atoms with Crippen LogP contribution in [0.5, 0.6) is 0 Å². The Morgan fingerprint density at radius 1 is 1.11 bits per heavy atom. The first-order valence-electron chi connectivity index (χ1n) is 5.50. The predicted molar refractivity (Wildman–Crippen MR) is 72.6 cm³/mol. The molecule has 18 heavy (non-hydrogen) atoms. The molecule has 0 saturated carbocycles. The molecule has 0 heterocycles. The number of aryl methyl sites for hydroxylation is 1. The maximum atomic E-state index is 13.6. The molecule has 0 aliphatic rings. The van der Waals surface area contributed by atoms with Crippen LogP contribution >= 0.6 is 15.9 Å². The van der Waals surface area contributed by atoms with Gasteiger partial charge in [-0.15, -0.1) is 0 Å². The number of hydrogen-bond acceptors (Lipinski definition) is 1. The molecule has 0 spiro atoms. The van der Waals surface area contributed by atoms with Crippen LogP contribution < -0.4 is 5.32 Å². The van der Waals surface area contributed by atoms with Gasteiger partial charge in [0.05, 0.1) is 5.69 Å². The number of halogens is 3. The number of nitrogens with one attached hydrogen (secondary N) is 1. The Balaban J connectivity index is 2.11. The molecule has 0 aliphatic carbocycles. The molecule has 0 bridgehead atoms. The molecular weight excluding hydrogens is 300 g/mol. The van der Waals surface area contributed by atoms with Gasteiger partial charge in [0.2, 0.25) is 0 Å². The minimum absolute atomic E-state index is 0.284. The molecule has 0 amide bonds. The fourth-order valence-corrected chi connectivity index (χ4v) is 2.11. The topological polar surface area (TPSA) is 12.0 Å². The molecule has 2 aromatic rings. The van der Waals surface area contributed by atoms with Crippen LogP contribution in [0.25, 0.3) is 0 Å². The smallest absolute Gasteiger partial charge is 0.146 e. The molecule has 0 aliphatic heterocycles. The first-order chi connectivity index (χ1) is 8.56. The Kier molecular flexibility index (Phi) is 3.97. The second-order valence-corrected chi connectivity index (χ2v) is 4.93. The quantitative estimate of drug-likeness (QED) is 0.870. The van der Waals surface area contributed by atoms with Gasteiger partial charge in [-0.3, -0.25) is 0 Å². The number of anilines is 1. The highest BCUT2D eigenvalue weighted by atomic mass is 79.9. The summed E-state index contributed by atoms with van der Waals surface area (Å²) < 4.78 is 27.2. The minimum atomic E-state index is -0.299. The molecule has 1 N–H and O–H groups in total. The second kappa shape index (κ2) is 5.48. The summed E-state index contributed by atoms with van der Waals surface area (Å²) in [7, 11) is 0. The Morgan fingerprint density at radius 3 is 2.56 bits per heavy atom. The molecule has 94 valence electrons. The van der Waals surface area contributed by atoms with E-state index >= 15 is 0 Å². The molecule has 2 aromatic carbocycles. The molecule has 0 fully saturated rings. The van der Waals surface area contributed by atoms with E-state index in [-0.39, 0.29) is 11.6 Å². The summed E-state index contributed by atoms with van der Waals surface area (Å²) in [5.41, 5.74) is 2.19. The van der Waals surface area contributed by atoms with E-state index in [0.29, 0.717) is 16.7 Å². The molecule has 4 heteroatoms. The maximum absolute atomic E-state index is 13.6. The summed E-state index contributed by atoms with van der Waals surface area (Å²) in [6.45, 7) is 2.27. The van der Waals surface area contributed by atoms with Gasteiger partial charge in [-0.25, -0.2) is 8.78 Å². The fraction of sp³-hybridized carbons (Fsp3) is 0.143. The van der Waals surface area contributed by atoms with Crippen LogP contribution in [-0.4, -0.2) is 0 Å². The summed E-state index contributed by atoms with van der Waals surface area (Å²) in [6.07, 6.45) is 0. The molecule has 0 saturated heterocycles. The van der Waals surface area contributed by atoms with Gasteiger partial charge in [0, 0.05) is 11.0 Å². The van der Waals surface area contributed by atoms with Gasteiger partial charge in [-0.2, -0.15) is 0 Å². The van der Waals surface area contributed by atoms with E-state index in [1.54, 1.807) is 12.1 Å². The van der Waals surface area contributed by atoms with Crippen molar-refractivity contribution in [2.75, 3.05) is 5.32 Å². The molecule has 0 radical (unpaired) electrons. The highest BCUT2D eigenvalue weighted by Gasteiger charge is 2.04. The SMILES string of the molecule is Cc1ccc(NCc2ccc(F)cc2Br)c(F)c1. The largest absolute Gasteiger partial charge is 0.379 e. The van der Waals surface area contributed by atoms with Crippen LogP contribution in [0, 0.1) is 18.6 Å². The van der Waals surface area contributed by atoms with Gasteiger partial charge in [0.25, 0.3) is 0 Å². The van der Waals surface area contributed by atoms with Crippen molar-refractivity contribution < 1.29 is 8.78 Å². The highest BCUT2D eigenvalue weighted by molar-refractivity contribution is 9.10. The van der Waals surface area contributed by atoms with E-state index in [1.165, 1.54) is 18.2 Å². The Morgan fingerprint density at radius 2 is 1.89 bits per heavy atom. The Bertz CT molecular complexity index is 518. The third-order valence-electron chi connectivity index (χ3n) is 2.61. The van der Waals surface area contributed by atoms with E-state index in [1.807, 2.05) is 13.0 Å². The summed E-state index contributed by atoms with van der Waals surface area (Å²) in [6, 6.07) is 9.45. The molecule has 0 unspecified atom stereocenters. The molecule has 1 nitrogen and oxygen atoms in total. The van der Waals surface area contributed by atoms with Crippen molar-refractivity contribution in [3.8, 4) is 0 Å². The van der Waals surface area contributed by atoms with E-state index < -0.39 is 0 Å². The number of rotatable bonds is 3. The van der Waals surface area contributed by atoms with Gasteiger partial charge < -0.3 is 5.32 Å². The van der Waals surface area contributed by atoms with Crippen molar-refractivity contribution in [3.63, 3.8) is 0 Å². The Hall–Kier alpha value is -1.42. The lowest BCUT2D eigenvalue weighted by Crippen LogP contribution is -2.02. The van der Waals surface area contributed by atoms with Crippen molar-refractivity contribution in [1.29, 1.82) is 0 Å². The van der Waals surface area contributed by atoms with Crippen LogP contribution in [0.15, 0.2) is 40.9 Å². The molecule has 0 atom stereocenters. The summed E-state index contributed by atoms with van der Waals surface area (Å²) in [5, 5.41) is 2.99. The number of benzene rings is 2. The van der Waals surface area contributed by atoms with Gasteiger partial charge >= 0.3 is 0 Å². The van der Waals surface area contributed by atoms with Crippen LogP contribution in [0.1, 0.15) is 11.1 Å². The van der Waals surface area contributed by atoms with Crippen molar-refractivity contribution in [2.45, 2.75) is 13.5 Å². The molecular formula is C14H12BrF2N. The van der Waals surface area contributed by atoms with E-state index in [4.69, 9.17) is 0 Å². The summed E-state index contributed by atoms with van der Waals surface area (Å²) in [4.78, 5) is 0. The van der Waals surface area contributed by atoms with Crippen molar-refractivity contribution in [2.24, 2.45) is 0 Å². The van der Waals surface area contributed by atoms with Gasteiger partial charge in [0.15, 0.2) is 0 Å². The zero-order valence-electron chi connectivity index (χ0n) is 9.81. The second-order valence-electron chi connectivity index (χ2n) is 4.07. The Labute approximate surface area is 113 Å². The zero-order valence-corrected chi connectivity index (χ0v) is 11.4. The standard InChI is InChI=1S/C14H12BrF2N/c1-9-2-5-14(13(17)6-9)18-8-10-3-4-11(16)7-12(10)15/h2-7,18H,8H2,1H3. The maximum Gasteiger partial charge on any atom is 0.146 e. The van der Waals surface area contributed by atoms with Crippen LogP contribution in [-0.2, 0) is 6.54 Å². The first kappa shape index (κ1) is 13.0. The summed E-state index contributed by atoms with van der Waals surface area (Å²) in [5.74, 6) is -0.583. The lowest BCUT2D eigenvalue weighted by molar-refractivity contribution is 0.625. The first-order valence-corrected chi connectivity index (χ1v) is 6.29. The van der Waals surface area contributed by atoms with Crippen molar-refractivity contribution in [1.82, 2.24) is 0 Å². The minimum Gasteiger partial charge on any atom is -0.379 e.